The third kappa shape index (κ3) is 4.89. The summed E-state index contributed by atoms with van der Waals surface area (Å²) in [4.78, 5) is 23.0. The molecule has 0 spiro atoms. The smallest absolute Gasteiger partial charge is 0.322 e. The van der Waals surface area contributed by atoms with Gasteiger partial charge in [0.1, 0.15) is 11.4 Å². The van der Waals surface area contributed by atoms with Crippen LogP contribution in [0.15, 0.2) is 48.8 Å². The highest BCUT2D eigenvalue weighted by molar-refractivity contribution is 7.88. The van der Waals surface area contributed by atoms with Crippen molar-refractivity contribution in [3.8, 4) is 17.4 Å². The molecule has 0 radical (unpaired) electrons. The third-order valence-corrected chi connectivity index (χ3v) is 6.17. The summed E-state index contributed by atoms with van der Waals surface area (Å²) in [5, 5.41) is 4.18. The van der Waals surface area contributed by atoms with Gasteiger partial charge in [-0.15, -0.1) is 0 Å². The van der Waals surface area contributed by atoms with Crippen molar-refractivity contribution >= 4 is 15.9 Å². The van der Waals surface area contributed by atoms with Crippen LogP contribution in [0.5, 0.6) is 11.8 Å². The lowest BCUT2D eigenvalue weighted by Gasteiger charge is -2.33. The second-order valence-electron chi connectivity index (χ2n) is 7.18. The molecule has 10 nitrogen and oxygen atoms in total. The zero-order chi connectivity index (χ0) is 22.0. The van der Waals surface area contributed by atoms with Crippen LogP contribution in [0.1, 0.15) is 16.2 Å². The predicted octanol–water partition coefficient (Wildman–Crippen LogP) is 1.48. The van der Waals surface area contributed by atoms with Crippen LogP contribution in [0.3, 0.4) is 0 Å². The van der Waals surface area contributed by atoms with Crippen molar-refractivity contribution in [3.05, 3.63) is 60.2 Å². The maximum Gasteiger partial charge on any atom is 0.322 e. The molecule has 3 heterocycles. The Hall–Kier alpha value is -3.31. The summed E-state index contributed by atoms with van der Waals surface area (Å²) in [5.41, 5.74) is 1.69. The summed E-state index contributed by atoms with van der Waals surface area (Å²) in [6.45, 7) is 2.90. The van der Waals surface area contributed by atoms with Gasteiger partial charge in [-0.05, 0) is 43.3 Å². The molecule has 31 heavy (non-hydrogen) atoms. The Bertz CT molecular complexity index is 1170. The van der Waals surface area contributed by atoms with Gasteiger partial charge < -0.3 is 9.64 Å². The van der Waals surface area contributed by atoms with Gasteiger partial charge in [-0.1, -0.05) is 0 Å². The molecule has 1 aliphatic heterocycles. The van der Waals surface area contributed by atoms with Crippen molar-refractivity contribution in [1.29, 1.82) is 0 Å². The SMILES string of the molecule is Cc1cc(C(=O)N2CCN(S(C)(=O)=O)CC2)nc(Oc2ccc(-n3cccn3)cc2)n1. The van der Waals surface area contributed by atoms with Gasteiger partial charge in [-0.3, -0.25) is 4.79 Å². The number of aryl methyl sites for hydroxylation is 1. The number of benzene rings is 1. The first kappa shape index (κ1) is 20.9. The van der Waals surface area contributed by atoms with Gasteiger partial charge >= 0.3 is 6.01 Å². The number of hydrogen-bond acceptors (Lipinski definition) is 7. The number of amides is 1. The molecule has 11 heteroatoms. The van der Waals surface area contributed by atoms with Crippen LogP contribution in [0, 0.1) is 6.92 Å². The van der Waals surface area contributed by atoms with E-state index in [1.54, 1.807) is 40.9 Å². The molecule has 1 fully saturated rings. The van der Waals surface area contributed by atoms with E-state index in [0.29, 0.717) is 24.5 Å². The summed E-state index contributed by atoms with van der Waals surface area (Å²) < 4.78 is 32.2. The highest BCUT2D eigenvalue weighted by Crippen LogP contribution is 2.21. The Labute approximate surface area is 180 Å². The summed E-state index contributed by atoms with van der Waals surface area (Å²) in [7, 11) is -3.26. The molecule has 1 aliphatic rings. The van der Waals surface area contributed by atoms with Crippen LogP contribution in [0.2, 0.25) is 0 Å². The number of carbonyl (C=O) groups excluding carboxylic acids is 1. The Morgan fingerprint density at radius 2 is 1.77 bits per heavy atom. The van der Waals surface area contributed by atoms with E-state index in [-0.39, 0.29) is 30.7 Å². The zero-order valence-corrected chi connectivity index (χ0v) is 18.0. The number of rotatable bonds is 5. The summed E-state index contributed by atoms with van der Waals surface area (Å²) >= 11 is 0. The van der Waals surface area contributed by atoms with Crippen LogP contribution in [0.25, 0.3) is 5.69 Å². The first-order chi connectivity index (χ1) is 14.8. The standard InChI is InChI=1S/C20H22N6O4S/c1-15-14-18(19(27)24-10-12-25(13-11-24)31(2,28)29)23-20(22-15)30-17-6-4-16(5-7-17)26-9-3-8-21-26/h3-9,14H,10-13H2,1-2H3. The van der Waals surface area contributed by atoms with Crippen molar-refractivity contribution in [2.75, 3.05) is 32.4 Å². The van der Waals surface area contributed by atoms with Crippen molar-refractivity contribution in [1.82, 2.24) is 29.0 Å². The molecule has 0 atom stereocenters. The summed E-state index contributed by atoms with van der Waals surface area (Å²) in [6.07, 6.45) is 4.71. The van der Waals surface area contributed by atoms with Gasteiger partial charge in [0.15, 0.2) is 0 Å². The van der Waals surface area contributed by atoms with Gasteiger partial charge in [-0.2, -0.15) is 14.4 Å². The minimum Gasteiger partial charge on any atom is -0.424 e. The molecule has 0 bridgehead atoms. The van der Waals surface area contributed by atoms with Crippen molar-refractivity contribution < 1.29 is 17.9 Å². The zero-order valence-electron chi connectivity index (χ0n) is 17.2. The van der Waals surface area contributed by atoms with E-state index < -0.39 is 10.0 Å². The van der Waals surface area contributed by atoms with Crippen LogP contribution in [-0.4, -0.2) is 75.7 Å². The van der Waals surface area contributed by atoms with Crippen molar-refractivity contribution in [2.24, 2.45) is 0 Å². The Morgan fingerprint density at radius 1 is 1.06 bits per heavy atom. The quantitative estimate of drug-likeness (QED) is 0.588. The van der Waals surface area contributed by atoms with Crippen LogP contribution >= 0.6 is 0 Å². The van der Waals surface area contributed by atoms with E-state index >= 15 is 0 Å². The van der Waals surface area contributed by atoms with E-state index in [1.807, 2.05) is 24.4 Å². The van der Waals surface area contributed by atoms with Crippen molar-refractivity contribution in [3.63, 3.8) is 0 Å². The Morgan fingerprint density at radius 3 is 2.39 bits per heavy atom. The average Bonchev–Trinajstić information content (AvgIpc) is 3.28. The molecule has 162 valence electrons. The lowest BCUT2D eigenvalue weighted by atomic mass is 10.2. The van der Waals surface area contributed by atoms with E-state index in [0.717, 1.165) is 5.69 Å². The van der Waals surface area contributed by atoms with Crippen molar-refractivity contribution in [2.45, 2.75) is 6.92 Å². The fourth-order valence-electron chi connectivity index (χ4n) is 3.28. The molecule has 1 amide bonds. The topological polar surface area (TPSA) is 111 Å². The van der Waals surface area contributed by atoms with Crippen LogP contribution in [0.4, 0.5) is 0 Å². The first-order valence-corrected chi connectivity index (χ1v) is 11.5. The van der Waals surface area contributed by atoms with E-state index in [1.165, 1.54) is 10.6 Å². The van der Waals surface area contributed by atoms with Gasteiger partial charge in [-0.25, -0.2) is 18.1 Å². The minimum atomic E-state index is -3.26. The first-order valence-electron chi connectivity index (χ1n) is 9.67. The lowest BCUT2D eigenvalue weighted by Crippen LogP contribution is -2.50. The molecule has 3 aromatic rings. The van der Waals surface area contributed by atoms with E-state index in [9.17, 15) is 13.2 Å². The van der Waals surface area contributed by atoms with Gasteiger partial charge in [0.2, 0.25) is 10.0 Å². The monoisotopic (exact) mass is 442 g/mol. The Kier molecular flexibility index (Phi) is 5.70. The summed E-state index contributed by atoms with van der Waals surface area (Å²) in [5.74, 6) is 0.249. The second kappa shape index (κ2) is 8.44. The fraction of sp³-hybridized carbons (Fsp3) is 0.300. The number of sulfonamides is 1. The maximum absolute atomic E-state index is 12.9. The number of nitrogens with zero attached hydrogens (tertiary/aromatic N) is 6. The highest BCUT2D eigenvalue weighted by atomic mass is 32.2. The van der Waals surface area contributed by atoms with Gasteiger partial charge in [0, 0.05) is 44.3 Å². The molecule has 1 aromatic carbocycles. The normalized spacial score (nSPS) is 15.1. The van der Waals surface area contributed by atoms with E-state index in [4.69, 9.17) is 4.74 Å². The largest absolute Gasteiger partial charge is 0.424 e. The number of ether oxygens (including phenoxy) is 1. The third-order valence-electron chi connectivity index (χ3n) is 4.86. The van der Waals surface area contributed by atoms with Gasteiger partial charge in [0.05, 0.1) is 11.9 Å². The maximum atomic E-state index is 12.9. The molecule has 0 unspecified atom stereocenters. The molecular formula is C20H22N6O4S. The minimum absolute atomic E-state index is 0.0740. The Balaban J connectivity index is 1.46. The van der Waals surface area contributed by atoms with E-state index in [2.05, 4.69) is 15.1 Å². The number of carbonyl (C=O) groups is 1. The second-order valence-corrected chi connectivity index (χ2v) is 9.16. The highest BCUT2D eigenvalue weighted by Gasteiger charge is 2.27. The van der Waals surface area contributed by atoms with Gasteiger partial charge in [0.25, 0.3) is 5.91 Å². The molecule has 1 saturated heterocycles. The molecule has 4 rings (SSSR count). The lowest BCUT2D eigenvalue weighted by molar-refractivity contribution is 0.0691. The average molecular weight is 443 g/mol. The molecular weight excluding hydrogens is 420 g/mol. The van der Waals surface area contributed by atoms with Crippen LogP contribution in [-0.2, 0) is 10.0 Å². The van der Waals surface area contributed by atoms with Crippen LogP contribution < -0.4 is 4.74 Å². The summed E-state index contributed by atoms with van der Waals surface area (Å²) in [6, 6.07) is 10.8. The fourth-order valence-corrected chi connectivity index (χ4v) is 4.10. The molecule has 2 aromatic heterocycles. The number of piperazine rings is 1. The number of aromatic nitrogens is 4. The predicted molar refractivity (Wildman–Crippen MR) is 113 cm³/mol. The molecule has 0 N–H and O–H groups in total. The number of hydrogen-bond donors (Lipinski definition) is 0. The molecule has 0 saturated carbocycles. The molecule has 0 aliphatic carbocycles.